The van der Waals surface area contributed by atoms with Crippen LogP contribution in [0.25, 0.3) is 0 Å². The zero-order chi connectivity index (χ0) is 18.9. The maximum absolute atomic E-state index is 11.8. The van der Waals surface area contributed by atoms with Gasteiger partial charge in [-0.05, 0) is 13.0 Å². The minimum atomic E-state index is -0.239. The van der Waals surface area contributed by atoms with Crippen molar-refractivity contribution in [2.45, 2.75) is 6.92 Å². The predicted molar refractivity (Wildman–Crippen MR) is 98.8 cm³/mol. The summed E-state index contributed by atoms with van der Waals surface area (Å²) >= 11 is 0. The molecule has 10 heteroatoms. The van der Waals surface area contributed by atoms with Crippen LogP contribution in [0, 0.1) is 6.92 Å². The van der Waals surface area contributed by atoms with Crippen LogP contribution >= 0.6 is 0 Å². The van der Waals surface area contributed by atoms with Gasteiger partial charge in [0, 0.05) is 44.6 Å². The molecule has 2 aromatic heterocycles. The highest BCUT2D eigenvalue weighted by atomic mass is 16.5. The molecule has 0 bridgehead atoms. The van der Waals surface area contributed by atoms with Gasteiger partial charge in [0.05, 0.1) is 13.2 Å². The monoisotopic (exact) mass is 373 g/mol. The van der Waals surface area contributed by atoms with Crippen LogP contribution in [0.3, 0.4) is 0 Å². The molecule has 2 N–H and O–H groups in total. The van der Waals surface area contributed by atoms with Crippen LogP contribution in [-0.4, -0.2) is 71.8 Å². The van der Waals surface area contributed by atoms with Crippen molar-refractivity contribution in [2.75, 3.05) is 56.2 Å². The van der Waals surface area contributed by atoms with Crippen molar-refractivity contribution in [3.05, 3.63) is 30.4 Å². The van der Waals surface area contributed by atoms with Crippen molar-refractivity contribution in [1.82, 2.24) is 25.3 Å². The Labute approximate surface area is 157 Å². The van der Waals surface area contributed by atoms with Crippen molar-refractivity contribution in [1.29, 1.82) is 0 Å². The lowest BCUT2D eigenvalue weighted by Gasteiger charge is -2.28. The number of nitrogens with zero attached hydrogens (tertiary/aromatic N) is 5. The van der Waals surface area contributed by atoms with E-state index in [4.69, 9.17) is 9.47 Å². The molecule has 1 amide bonds. The van der Waals surface area contributed by atoms with Crippen molar-refractivity contribution in [3.63, 3.8) is 0 Å². The number of hydrogen-bond acceptors (Lipinski definition) is 9. The third kappa shape index (κ3) is 6.03. The first-order valence-corrected chi connectivity index (χ1v) is 8.79. The molecule has 1 fully saturated rings. The van der Waals surface area contributed by atoms with E-state index in [2.05, 4.69) is 35.5 Å². The minimum Gasteiger partial charge on any atom is -0.453 e. The van der Waals surface area contributed by atoms with Crippen LogP contribution in [0.15, 0.2) is 24.5 Å². The fraction of sp³-hybridized carbons (Fsp3) is 0.471. The molecule has 0 aromatic carbocycles. The third-order valence-electron chi connectivity index (χ3n) is 3.79. The van der Waals surface area contributed by atoms with Crippen LogP contribution in [-0.2, 0) is 9.53 Å². The average Bonchev–Trinajstić information content (AvgIpc) is 2.71. The van der Waals surface area contributed by atoms with E-state index >= 15 is 0 Å². The number of aryl methyl sites for hydroxylation is 1. The SMILES string of the molecule is Cc1nc(NCCNC(=O)COc2ncccn2)cc(N2CCOCC2)n1. The van der Waals surface area contributed by atoms with Crippen molar-refractivity contribution < 1.29 is 14.3 Å². The number of amides is 1. The second kappa shape index (κ2) is 9.62. The van der Waals surface area contributed by atoms with Crippen molar-refractivity contribution in [3.8, 4) is 6.01 Å². The van der Waals surface area contributed by atoms with E-state index in [-0.39, 0.29) is 18.5 Å². The van der Waals surface area contributed by atoms with Crippen LogP contribution < -0.4 is 20.3 Å². The lowest BCUT2D eigenvalue weighted by molar-refractivity contribution is -0.123. The molecule has 10 nitrogen and oxygen atoms in total. The van der Waals surface area contributed by atoms with Gasteiger partial charge in [-0.15, -0.1) is 0 Å². The van der Waals surface area contributed by atoms with Gasteiger partial charge in [-0.1, -0.05) is 0 Å². The van der Waals surface area contributed by atoms with E-state index in [0.29, 0.717) is 32.1 Å². The fourth-order valence-electron chi connectivity index (χ4n) is 2.53. The van der Waals surface area contributed by atoms with Gasteiger partial charge in [0.1, 0.15) is 17.5 Å². The summed E-state index contributed by atoms with van der Waals surface area (Å²) in [5.41, 5.74) is 0. The molecule has 0 spiro atoms. The maximum atomic E-state index is 11.8. The molecule has 1 aliphatic rings. The topological polar surface area (TPSA) is 114 Å². The summed E-state index contributed by atoms with van der Waals surface area (Å²) < 4.78 is 10.6. The molecule has 0 atom stereocenters. The molecular weight excluding hydrogens is 350 g/mol. The van der Waals surface area contributed by atoms with Crippen LogP contribution in [0.4, 0.5) is 11.6 Å². The van der Waals surface area contributed by atoms with E-state index < -0.39 is 0 Å². The van der Waals surface area contributed by atoms with E-state index in [0.717, 1.165) is 24.7 Å². The molecule has 2 aromatic rings. The zero-order valence-corrected chi connectivity index (χ0v) is 15.2. The van der Waals surface area contributed by atoms with Crippen LogP contribution in [0.1, 0.15) is 5.82 Å². The molecule has 3 rings (SSSR count). The highest BCUT2D eigenvalue weighted by Crippen LogP contribution is 2.16. The van der Waals surface area contributed by atoms with Crippen molar-refractivity contribution >= 4 is 17.5 Å². The van der Waals surface area contributed by atoms with Gasteiger partial charge in [0.2, 0.25) is 0 Å². The van der Waals surface area contributed by atoms with E-state index in [1.165, 1.54) is 0 Å². The lowest BCUT2D eigenvalue weighted by atomic mass is 10.4. The minimum absolute atomic E-state index is 0.127. The van der Waals surface area contributed by atoms with E-state index in [1.807, 2.05) is 13.0 Å². The Hall–Kier alpha value is -3.01. The molecule has 0 unspecified atom stereocenters. The molecule has 0 aliphatic carbocycles. The standard InChI is InChI=1S/C17H23N7O3/c1-13-22-14(11-15(23-13)24-7-9-26-10-8-24)18-5-6-19-16(25)12-27-17-20-3-2-4-21-17/h2-4,11H,5-10,12H2,1H3,(H,19,25)(H,18,22,23). The molecule has 0 saturated carbocycles. The Morgan fingerprint density at radius 1 is 1.22 bits per heavy atom. The van der Waals surface area contributed by atoms with Crippen LogP contribution in [0.5, 0.6) is 6.01 Å². The second-order valence-corrected chi connectivity index (χ2v) is 5.85. The first-order chi connectivity index (χ1) is 13.2. The molecule has 144 valence electrons. The number of morpholine rings is 1. The summed E-state index contributed by atoms with van der Waals surface area (Å²) in [5, 5.41) is 5.97. The predicted octanol–water partition coefficient (Wildman–Crippen LogP) is 0.0187. The van der Waals surface area contributed by atoms with Gasteiger partial charge in [0.25, 0.3) is 5.91 Å². The van der Waals surface area contributed by atoms with Gasteiger partial charge in [-0.3, -0.25) is 4.79 Å². The first kappa shape index (κ1) is 18.8. The number of carbonyl (C=O) groups is 1. The number of anilines is 2. The molecule has 27 heavy (non-hydrogen) atoms. The molecule has 1 saturated heterocycles. The maximum Gasteiger partial charge on any atom is 0.316 e. The Morgan fingerprint density at radius 2 is 2.00 bits per heavy atom. The van der Waals surface area contributed by atoms with Gasteiger partial charge >= 0.3 is 6.01 Å². The summed E-state index contributed by atoms with van der Waals surface area (Å²) in [4.78, 5) is 30.6. The molecule has 1 aliphatic heterocycles. The average molecular weight is 373 g/mol. The number of hydrogen-bond donors (Lipinski definition) is 2. The van der Waals surface area contributed by atoms with Gasteiger partial charge in [0.15, 0.2) is 6.61 Å². The van der Waals surface area contributed by atoms with Crippen molar-refractivity contribution in [2.24, 2.45) is 0 Å². The highest BCUT2D eigenvalue weighted by Gasteiger charge is 2.14. The first-order valence-electron chi connectivity index (χ1n) is 8.79. The summed E-state index contributed by atoms with van der Waals surface area (Å²) in [6.45, 7) is 5.74. The summed E-state index contributed by atoms with van der Waals surface area (Å²) in [6, 6.07) is 3.77. The molecule has 3 heterocycles. The number of aromatic nitrogens is 4. The number of nitrogens with one attached hydrogen (secondary N) is 2. The number of rotatable bonds is 8. The third-order valence-corrected chi connectivity index (χ3v) is 3.79. The molecule has 0 radical (unpaired) electrons. The summed E-state index contributed by atoms with van der Waals surface area (Å²) in [7, 11) is 0. The van der Waals surface area contributed by atoms with Gasteiger partial charge in [-0.2, -0.15) is 0 Å². The van der Waals surface area contributed by atoms with E-state index in [9.17, 15) is 4.79 Å². The Morgan fingerprint density at radius 3 is 2.78 bits per heavy atom. The Balaban J connectivity index is 1.40. The summed E-state index contributed by atoms with van der Waals surface area (Å²) in [5.74, 6) is 2.07. The number of carbonyl (C=O) groups excluding carboxylic acids is 1. The van der Waals surface area contributed by atoms with Gasteiger partial charge in [-0.25, -0.2) is 19.9 Å². The quantitative estimate of drug-likeness (QED) is 0.618. The second-order valence-electron chi connectivity index (χ2n) is 5.85. The number of ether oxygens (including phenoxy) is 2. The molecular formula is C17H23N7O3. The normalized spacial score (nSPS) is 13.9. The highest BCUT2D eigenvalue weighted by molar-refractivity contribution is 5.77. The van der Waals surface area contributed by atoms with E-state index in [1.54, 1.807) is 18.5 Å². The largest absolute Gasteiger partial charge is 0.453 e. The zero-order valence-electron chi connectivity index (χ0n) is 15.2. The Kier molecular flexibility index (Phi) is 6.69. The lowest BCUT2D eigenvalue weighted by Crippen LogP contribution is -2.37. The van der Waals surface area contributed by atoms with Crippen LogP contribution in [0.2, 0.25) is 0 Å². The Bertz CT molecular complexity index is 739. The fourth-order valence-corrected chi connectivity index (χ4v) is 2.53. The summed E-state index contributed by atoms with van der Waals surface area (Å²) in [6.07, 6.45) is 3.11. The smallest absolute Gasteiger partial charge is 0.316 e. The van der Waals surface area contributed by atoms with Gasteiger partial charge < -0.3 is 25.0 Å².